The zero-order valence-electron chi connectivity index (χ0n) is 11.1. The molecular formula is C13H24N2O3. The molecule has 1 rings (SSSR count). The molecule has 2 unspecified atom stereocenters. The van der Waals surface area contributed by atoms with Crippen molar-refractivity contribution >= 4 is 11.9 Å². The average molecular weight is 256 g/mol. The predicted octanol–water partition coefficient (Wildman–Crippen LogP) is 0.993. The highest BCUT2D eigenvalue weighted by Gasteiger charge is 2.16. The summed E-state index contributed by atoms with van der Waals surface area (Å²) >= 11 is 0. The number of hydrogen-bond donors (Lipinski definition) is 3. The summed E-state index contributed by atoms with van der Waals surface area (Å²) in [7, 11) is 0. The van der Waals surface area contributed by atoms with E-state index in [1.807, 2.05) is 0 Å². The number of aliphatic carboxylic acids is 1. The fourth-order valence-corrected chi connectivity index (χ4v) is 2.19. The molecule has 1 fully saturated rings. The Morgan fingerprint density at radius 1 is 1.50 bits per heavy atom. The minimum Gasteiger partial charge on any atom is -0.481 e. The molecular weight excluding hydrogens is 232 g/mol. The number of carboxylic acids is 1. The quantitative estimate of drug-likeness (QED) is 0.594. The lowest BCUT2D eigenvalue weighted by molar-refractivity contribution is -0.141. The van der Waals surface area contributed by atoms with Crippen LogP contribution in [0.4, 0.5) is 0 Å². The monoisotopic (exact) mass is 256 g/mol. The van der Waals surface area contributed by atoms with Crippen LogP contribution in [0.2, 0.25) is 0 Å². The van der Waals surface area contributed by atoms with Gasteiger partial charge < -0.3 is 15.7 Å². The summed E-state index contributed by atoms with van der Waals surface area (Å²) in [6.07, 6.45) is 4.19. The van der Waals surface area contributed by atoms with Crippen molar-refractivity contribution in [3.05, 3.63) is 0 Å². The third-order valence-electron chi connectivity index (χ3n) is 3.43. The van der Waals surface area contributed by atoms with Crippen molar-refractivity contribution in [1.29, 1.82) is 0 Å². The molecule has 1 saturated heterocycles. The molecule has 0 radical (unpaired) electrons. The van der Waals surface area contributed by atoms with Crippen molar-refractivity contribution in [2.45, 2.75) is 39.0 Å². The van der Waals surface area contributed by atoms with E-state index in [0.29, 0.717) is 25.3 Å². The summed E-state index contributed by atoms with van der Waals surface area (Å²) in [4.78, 5) is 22.2. The van der Waals surface area contributed by atoms with Gasteiger partial charge in [0.2, 0.25) is 5.91 Å². The van der Waals surface area contributed by atoms with Crippen molar-refractivity contribution in [2.75, 3.05) is 19.6 Å². The summed E-state index contributed by atoms with van der Waals surface area (Å²) in [5, 5.41) is 14.9. The van der Waals surface area contributed by atoms with Gasteiger partial charge >= 0.3 is 5.97 Å². The second kappa shape index (κ2) is 8.08. The van der Waals surface area contributed by atoms with Crippen molar-refractivity contribution < 1.29 is 14.7 Å². The third-order valence-corrected chi connectivity index (χ3v) is 3.43. The van der Waals surface area contributed by atoms with Crippen molar-refractivity contribution in [3.63, 3.8) is 0 Å². The second-order valence-electron chi connectivity index (χ2n) is 5.15. The highest BCUT2D eigenvalue weighted by Crippen LogP contribution is 2.13. The van der Waals surface area contributed by atoms with Crippen molar-refractivity contribution in [3.8, 4) is 0 Å². The smallest absolute Gasteiger partial charge is 0.306 e. The summed E-state index contributed by atoms with van der Waals surface area (Å²) in [6.45, 7) is 4.27. The van der Waals surface area contributed by atoms with Gasteiger partial charge in [-0.25, -0.2) is 0 Å². The second-order valence-corrected chi connectivity index (χ2v) is 5.15. The van der Waals surface area contributed by atoms with Gasteiger partial charge in [-0.15, -0.1) is 0 Å². The minimum absolute atomic E-state index is 0.0895. The number of rotatable bonds is 7. The van der Waals surface area contributed by atoms with E-state index < -0.39 is 5.97 Å². The maximum Gasteiger partial charge on any atom is 0.306 e. The summed E-state index contributed by atoms with van der Waals surface area (Å²) in [5.74, 6) is -0.553. The molecule has 0 aromatic carbocycles. The maximum absolute atomic E-state index is 11.6. The molecule has 18 heavy (non-hydrogen) atoms. The number of piperidine rings is 1. The molecule has 0 spiro atoms. The van der Waals surface area contributed by atoms with Gasteiger partial charge in [-0.3, -0.25) is 9.59 Å². The van der Waals surface area contributed by atoms with E-state index in [1.165, 1.54) is 0 Å². The van der Waals surface area contributed by atoms with Crippen molar-refractivity contribution in [2.24, 2.45) is 11.8 Å². The maximum atomic E-state index is 11.6. The summed E-state index contributed by atoms with van der Waals surface area (Å²) in [6, 6.07) is 0. The van der Waals surface area contributed by atoms with E-state index in [1.54, 1.807) is 6.92 Å². The van der Waals surface area contributed by atoms with Crippen LogP contribution < -0.4 is 10.6 Å². The first-order chi connectivity index (χ1) is 8.59. The van der Waals surface area contributed by atoms with Crippen LogP contribution in [0.25, 0.3) is 0 Å². The zero-order valence-corrected chi connectivity index (χ0v) is 11.1. The molecule has 3 N–H and O–H groups in total. The molecule has 5 nitrogen and oxygen atoms in total. The number of nitrogens with one attached hydrogen (secondary N) is 2. The SMILES string of the molecule is CC(CCCNC(=O)CC1CCCNC1)C(=O)O. The summed E-state index contributed by atoms with van der Waals surface area (Å²) < 4.78 is 0. The van der Waals surface area contributed by atoms with Gasteiger partial charge in [0.15, 0.2) is 0 Å². The highest BCUT2D eigenvalue weighted by molar-refractivity contribution is 5.76. The molecule has 1 aliphatic heterocycles. The number of carboxylic acid groups (broad SMARTS) is 1. The molecule has 1 amide bonds. The van der Waals surface area contributed by atoms with Crippen LogP contribution >= 0.6 is 0 Å². The van der Waals surface area contributed by atoms with Crippen molar-refractivity contribution in [1.82, 2.24) is 10.6 Å². The van der Waals surface area contributed by atoms with Gasteiger partial charge in [0.05, 0.1) is 5.92 Å². The average Bonchev–Trinajstić information content (AvgIpc) is 2.35. The molecule has 0 saturated carbocycles. The largest absolute Gasteiger partial charge is 0.481 e. The molecule has 0 aliphatic carbocycles. The van der Waals surface area contributed by atoms with Crippen LogP contribution in [0.3, 0.4) is 0 Å². The molecule has 0 aromatic heterocycles. The predicted molar refractivity (Wildman–Crippen MR) is 69.3 cm³/mol. The molecule has 1 heterocycles. The molecule has 0 aromatic rings. The minimum atomic E-state index is -0.769. The topological polar surface area (TPSA) is 78.4 Å². The van der Waals surface area contributed by atoms with Gasteiger partial charge in [0.25, 0.3) is 0 Å². The van der Waals surface area contributed by atoms with Gasteiger partial charge in [0, 0.05) is 13.0 Å². The number of carbonyl (C=O) groups is 2. The molecule has 5 heteroatoms. The Balaban J connectivity index is 2.04. The van der Waals surface area contributed by atoms with E-state index in [9.17, 15) is 9.59 Å². The standard InChI is InChI=1S/C13H24N2O3/c1-10(13(17)18)4-2-7-15-12(16)8-11-5-3-6-14-9-11/h10-11,14H,2-9H2,1H3,(H,15,16)(H,17,18). The van der Waals surface area contributed by atoms with Crippen LogP contribution in [0.5, 0.6) is 0 Å². The normalized spacial score (nSPS) is 21.3. The van der Waals surface area contributed by atoms with Crippen LogP contribution in [0, 0.1) is 11.8 Å². The molecule has 2 atom stereocenters. The lowest BCUT2D eigenvalue weighted by atomic mass is 9.96. The fraction of sp³-hybridized carbons (Fsp3) is 0.846. The Labute approximate surface area is 108 Å². The van der Waals surface area contributed by atoms with Crippen LogP contribution in [0.1, 0.15) is 39.0 Å². The van der Waals surface area contributed by atoms with Crippen LogP contribution in [0.15, 0.2) is 0 Å². The third kappa shape index (κ3) is 6.00. The number of amides is 1. The molecule has 0 bridgehead atoms. The van der Waals surface area contributed by atoms with Gasteiger partial charge in [-0.2, -0.15) is 0 Å². The summed E-state index contributed by atoms with van der Waals surface area (Å²) in [5.41, 5.74) is 0. The van der Waals surface area contributed by atoms with Gasteiger partial charge in [-0.05, 0) is 44.7 Å². The Hall–Kier alpha value is -1.10. The molecule has 1 aliphatic rings. The first-order valence-corrected chi connectivity index (χ1v) is 6.80. The first-order valence-electron chi connectivity index (χ1n) is 6.80. The Kier molecular flexibility index (Phi) is 6.72. The lowest BCUT2D eigenvalue weighted by Crippen LogP contribution is -2.34. The fourth-order valence-electron chi connectivity index (χ4n) is 2.19. The number of carbonyl (C=O) groups excluding carboxylic acids is 1. The number of hydrogen-bond acceptors (Lipinski definition) is 3. The highest BCUT2D eigenvalue weighted by atomic mass is 16.4. The van der Waals surface area contributed by atoms with E-state index in [-0.39, 0.29) is 11.8 Å². The Morgan fingerprint density at radius 2 is 2.28 bits per heavy atom. The molecule has 104 valence electrons. The van der Waals surface area contributed by atoms with E-state index in [2.05, 4.69) is 10.6 Å². The van der Waals surface area contributed by atoms with E-state index in [0.717, 1.165) is 32.4 Å². The Morgan fingerprint density at radius 3 is 2.89 bits per heavy atom. The first kappa shape index (κ1) is 15.0. The van der Waals surface area contributed by atoms with Gasteiger partial charge in [0.1, 0.15) is 0 Å². The van der Waals surface area contributed by atoms with Crippen LogP contribution in [-0.4, -0.2) is 36.6 Å². The lowest BCUT2D eigenvalue weighted by Gasteiger charge is -2.22. The zero-order chi connectivity index (χ0) is 13.4. The van der Waals surface area contributed by atoms with Crippen LogP contribution in [-0.2, 0) is 9.59 Å². The van der Waals surface area contributed by atoms with E-state index >= 15 is 0 Å². The van der Waals surface area contributed by atoms with E-state index in [4.69, 9.17) is 5.11 Å². The van der Waals surface area contributed by atoms with Gasteiger partial charge in [-0.1, -0.05) is 6.92 Å². The Bertz CT molecular complexity index is 275.